The van der Waals surface area contributed by atoms with Crippen LogP contribution in [0.4, 0.5) is 5.69 Å². The highest BCUT2D eigenvalue weighted by Crippen LogP contribution is 2.28. The van der Waals surface area contributed by atoms with Crippen LogP contribution in [0.1, 0.15) is 5.56 Å². The highest BCUT2D eigenvalue weighted by Gasteiger charge is 2.21. The van der Waals surface area contributed by atoms with Gasteiger partial charge in [0, 0.05) is 0 Å². The lowest BCUT2D eigenvalue weighted by atomic mass is 10.2. The molecule has 0 aromatic heterocycles. The Balaban J connectivity index is 2.10. The van der Waals surface area contributed by atoms with Gasteiger partial charge in [-0.25, -0.2) is 13.8 Å². The van der Waals surface area contributed by atoms with E-state index in [0.29, 0.717) is 0 Å². The summed E-state index contributed by atoms with van der Waals surface area (Å²) in [4.78, 5) is 12.0. The Morgan fingerprint density at radius 3 is 2.44 bits per heavy atom. The largest absolute Gasteiger partial charge is 0.271 e. The molecule has 2 aromatic rings. The fraction of sp³-hybridized carbons (Fsp3) is 0.125. The molecule has 2 aromatic carbocycles. The number of hydrogen-bond donors (Lipinski definition) is 1. The van der Waals surface area contributed by atoms with E-state index in [2.05, 4.69) is 10.5 Å². The van der Waals surface area contributed by atoms with E-state index in [9.17, 15) is 13.2 Å². The molecule has 0 bridgehead atoms. The number of benzene rings is 2. The monoisotopic (exact) mass is 399 g/mol. The number of carbonyl (C=O) groups excluding carboxylic acids is 1. The molecular weight excluding hydrogens is 385 g/mol. The van der Waals surface area contributed by atoms with E-state index in [1.165, 1.54) is 24.4 Å². The summed E-state index contributed by atoms with van der Waals surface area (Å²) in [5, 5.41) is 4.29. The number of rotatable bonds is 6. The summed E-state index contributed by atoms with van der Waals surface area (Å²) >= 11 is 11.8. The van der Waals surface area contributed by atoms with Crippen LogP contribution in [0.2, 0.25) is 10.0 Å². The van der Waals surface area contributed by atoms with Crippen LogP contribution in [0.5, 0.6) is 0 Å². The SMILES string of the molecule is CS(=O)(=O)N(CC(=O)N/N=C\c1ccccc1)c1ccc(Cl)c(Cl)c1. The Labute approximate surface area is 156 Å². The minimum atomic E-state index is -3.70. The molecule has 0 spiro atoms. The Kier molecular flexibility index (Phi) is 6.41. The number of carbonyl (C=O) groups is 1. The van der Waals surface area contributed by atoms with E-state index in [1.807, 2.05) is 30.3 Å². The number of nitrogens with zero attached hydrogens (tertiary/aromatic N) is 2. The van der Waals surface area contributed by atoms with Crippen molar-refractivity contribution < 1.29 is 13.2 Å². The first-order chi connectivity index (χ1) is 11.8. The number of hydrazone groups is 1. The van der Waals surface area contributed by atoms with Gasteiger partial charge in [-0.2, -0.15) is 5.10 Å². The molecule has 2 rings (SSSR count). The first kappa shape index (κ1) is 19.2. The van der Waals surface area contributed by atoms with E-state index >= 15 is 0 Å². The maximum Gasteiger partial charge on any atom is 0.260 e. The zero-order valence-corrected chi connectivity index (χ0v) is 15.5. The molecule has 25 heavy (non-hydrogen) atoms. The molecule has 0 atom stereocenters. The molecule has 0 saturated heterocycles. The van der Waals surface area contributed by atoms with Crippen LogP contribution in [0.15, 0.2) is 53.6 Å². The van der Waals surface area contributed by atoms with Crippen LogP contribution in [0.3, 0.4) is 0 Å². The summed E-state index contributed by atoms with van der Waals surface area (Å²) in [6.45, 7) is -0.442. The van der Waals surface area contributed by atoms with Gasteiger partial charge in [0.25, 0.3) is 5.91 Å². The minimum absolute atomic E-state index is 0.190. The van der Waals surface area contributed by atoms with Crippen LogP contribution in [-0.4, -0.2) is 33.3 Å². The first-order valence-corrected chi connectivity index (χ1v) is 9.67. The van der Waals surface area contributed by atoms with Crippen LogP contribution in [0, 0.1) is 0 Å². The van der Waals surface area contributed by atoms with E-state index in [0.717, 1.165) is 16.1 Å². The smallest absolute Gasteiger partial charge is 0.260 e. The highest BCUT2D eigenvalue weighted by atomic mass is 35.5. The second-order valence-corrected chi connectivity index (χ2v) is 7.79. The number of amides is 1. The summed E-state index contributed by atoms with van der Waals surface area (Å²) in [6.07, 6.45) is 2.46. The molecular formula is C16H15Cl2N3O3S. The molecule has 1 amide bonds. The molecule has 0 fully saturated rings. The van der Waals surface area contributed by atoms with Crippen LogP contribution < -0.4 is 9.73 Å². The topological polar surface area (TPSA) is 78.8 Å². The number of anilines is 1. The standard InChI is InChI=1S/C16H15Cl2N3O3S/c1-25(23,24)21(13-7-8-14(17)15(18)9-13)11-16(22)20-19-10-12-5-3-2-4-6-12/h2-10H,11H2,1H3,(H,20,22)/b19-10-. The van der Waals surface area contributed by atoms with Crippen LogP contribution >= 0.6 is 23.2 Å². The van der Waals surface area contributed by atoms with Gasteiger partial charge in [-0.3, -0.25) is 9.10 Å². The average Bonchev–Trinajstić information content (AvgIpc) is 2.55. The van der Waals surface area contributed by atoms with Crippen molar-refractivity contribution in [3.05, 3.63) is 64.1 Å². The normalized spacial score (nSPS) is 11.5. The number of halogens is 2. The molecule has 1 N–H and O–H groups in total. The number of nitrogens with one attached hydrogen (secondary N) is 1. The van der Waals surface area contributed by atoms with Gasteiger partial charge in [-0.15, -0.1) is 0 Å². The van der Waals surface area contributed by atoms with Crippen molar-refractivity contribution in [2.45, 2.75) is 0 Å². The van der Waals surface area contributed by atoms with Gasteiger partial charge in [0.05, 0.1) is 28.2 Å². The van der Waals surface area contributed by atoms with Crippen molar-refractivity contribution in [3.63, 3.8) is 0 Å². The molecule has 0 aliphatic heterocycles. The van der Waals surface area contributed by atoms with Gasteiger partial charge in [0.2, 0.25) is 10.0 Å². The van der Waals surface area contributed by atoms with E-state index in [1.54, 1.807) is 0 Å². The number of sulfonamides is 1. The Hall–Kier alpha value is -2.09. The van der Waals surface area contributed by atoms with Gasteiger partial charge in [0.1, 0.15) is 6.54 Å². The van der Waals surface area contributed by atoms with Gasteiger partial charge in [0.15, 0.2) is 0 Å². The summed E-state index contributed by atoms with van der Waals surface area (Å²) in [6, 6.07) is 13.5. The lowest BCUT2D eigenvalue weighted by Gasteiger charge is -2.21. The lowest BCUT2D eigenvalue weighted by Crippen LogP contribution is -2.39. The van der Waals surface area contributed by atoms with Crippen molar-refractivity contribution in [2.24, 2.45) is 5.10 Å². The Morgan fingerprint density at radius 2 is 1.84 bits per heavy atom. The second-order valence-electron chi connectivity index (χ2n) is 5.07. The first-order valence-electron chi connectivity index (χ1n) is 7.07. The molecule has 0 saturated carbocycles. The van der Waals surface area contributed by atoms with Crippen molar-refractivity contribution in [3.8, 4) is 0 Å². The number of hydrogen-bond acceptors (Lipinski definition) is 4. The second kappa shape index (κ2) is 8.33. The van der Waals surface area contributed by atoms with Crippen molar-refractivity contribution in [2.75, 3.05) is 17.1 Å². The lowest BCUT2D eigenvalue weighted by molar-refractivity contribution is -0.119. The molecule has 0 aliphatic carbocycles. The van der Waals surface area contributed by atoms with E-state index in [4.69, 9.17) is 23.2 Å². The molecule has 0 unspecified atom stereocenters. The highest BCUT2D eigenvalue weighted by molar-refractivity contribution is 7.92. The third-order valence-electron chi connectivity index (χ3n) is 3.08. The molecule has 0 radical (unpaired) electrons. The van der Waals surface area contributed by atoms with Crippen molar-refractivity contribution in [1.29, 1.82) is 0 Å². The maximum atomic E-state index is 12.0. The van der Waals surface area contributed by atoms with Crippen molar-refractivity contribution >= 4 is 51.0 Å². The maximum absolute atomic E-state index is 12.0. The van der Waals surface area contributed by atoms with Crippen LogP contribution in [0.25, 0.3) is 0 Å². The predicted octanol–water partition coefficient (Wildman–Crippen LogP) is 2.91. The molecule has 0 aliphatic rings. The summed E-state index contributed by atoms with van der Waals surface area (Å²) < 4.78 is 24.9. The predicted molar refractivity (Wildman–Crippen MR) is 101 cm³/mol. The van der Waals surface area contributed by atoms with Gasteiger partial charge in [-0.1, -0.05) is 53.5 Å². The molecule has 132 valence electrons. The third kappa shape index (κ3) is 5.74. The zero-order chi connectivity index (χ0) is 18.4. The van der Waals surface area contributed by atoms with Crippen molar-refractivity contribution in [1.82, 2.24) is 5.43 Å². The van der Waals surface area contributed by atoms with Gasteiger partial charge >= 0.3 is 0 Å². The van der Waals surface area contributed by atoms with Crippen LogP contribution in [-0.2, 0) is 14.8 Å². The zero-order valence-electron chi connectivity index (χ0n) is 13.2. The molecule has 6 nitrogen and oxygen atoms in total. The molecule has 9 heteroatoms. The summed E-state index contributed by atoms with van der Waals surface area (Å²) in [5.41, 5.74) is 3.33. The van der Waals surface area contributed by atoms with Gasteiger partial charge < -0.3 is 0 Å². The van der Waals surface area contributed by atoms with Gasteiger partial charge in [-0.05, 0) is 23.8 Å². The summed E-state index contributed by atoms with van der Waals surface area (Å²) in [5.74, 6) is -0.594. The summed E-state index contributed by atoms with van der Waals surface area (Å²) in [7, 11) is -3.70. The molecule has 0 heterocycles. The van der Waals surface area contributed by atoms with E-state index in [-0.39, 0.29) is 15.7 Å². The fourth-order valence-corrected chi connectivity index (χ4v) is 3.06. The fourth-order valence-electron chi connectivity index (χ4n) is 1.92. The third-order valence-corrected chi connectivity index (χ3v) is 4.96. The van der Waals surface area contributed by atoms with E-state index < -0.39 is 22.5 Å². The Morgan fingerprint density at radius 1 is 1.16 bits per heavy atom. The Bertz CT molecular complexity index is 887. The average molecular weight is 400 g/mol. The quantitative estimate of drug-likeness (QED) is 0.598. The minimum Gasteiger partial charge on any atom is -0.271 e.